The minimum absolute atomic E-state index is 0.145. The molecule has 0 bridgehead atoms. The van der Waals surface area contributed by atoms with Crippen LogP contribution in [0.1, 0.15) is 42.7 Å². The Morgan fingerprint density at radius 1 is 1.20 bits per heavy atom. The Bertz CT molecular complexity index is 1220. The number of aliphatic hydroxyl groups is 2. The number of hydrogen-bond donors (Lipinski definition) is 3. The number of aliphatic carboxylic acids is 1. The normalized spacial score (nSPS) is 15.2. The zero-order valence-corrected chi connectivity index (χ0v) is 19.3. The van der Waals surface area contributed by atoms with Gasteiger partial charge in [-0.15, -0.1) is 0 Å². The summed E-state index contributed by atoms with van der Waals surface area (Å²) in [7, 11) is 1.58. The van der Waals surface area contributed by atoms with Crippen LogP contribution in [0.2, 0.25) is 0 Å². The number of aromatic nitrogens is 2. The van der Waals surface area contributed by atoms with Crippen LogP contribution < -0.4 is 4.74 Å². The maximum absolute atomic E-state index is 15.2. The van der Waals surface area contributed by atoms with E-state index >= 15 is 4.39 Å². The number of methoxy groups -OCH3 is 1. The predicted molar refractivity (Wildman–Crippen MR) is 129 cm³/mol. The molecule has 1 aliphatic carbocycles. The number of hydrogen-bond acceptors (Lipinski definition) is 6. The lowest BCUT2D eigenvalue weighted by Gasteiger charge is -2.12. The van der Waals surface area contributed by atoms with Gasteiger partial charge in [-0.25, -0.2) is 14.4 Å². The maximum atomic E-state index is 15.2. The van der Waals surface area contributed by atoms with Crippen molar-refractivity contribution in [1.29, 1.82) is 0 Å². The van der Waals surface area contributed by atoms with E-state index in [2.05, 4.69) is 9.97 Å². The first-order chi connectivity index (χ1) is 16.8. The van der Waals surface area contributed by atoms with Crippen LogP contribution in [0, 0.1) is 5.82 Å². The molecule has 1 aliphatic rings. The number of nitrogens with zero attached hydrogens (tertiary/aromatic N) is 2. The summed E-state index contributed by atoms with van der Waals surface area (Å²) in [5.74, 6) is -0.0350. The molecular weight excluding hydrogens is 451 g/mol. The number of ether oxygens (including phenoxy) is 1. The van der Waals surface area contributed by atoms with Gasteiger partial charge in [-0.3, -0.25) is 4.79 Å². The molecule has 0 spiro atoms. The molecule has 2 atom stereocenters. The second-order valence-corrected chi connectivity index (χ2v) is 8.65. The second-order valence-electron chi connectivity index (χ2n) is 8.65. The van der Waals surface area contributed by atoms with Gasteiger partial charge in [0.05, 0.1) is 31.4 Å². The average Bonchev–Trinajstić information content (AvgIpc) is 3.68. The number of aliphatic hydroxyl groups excluding tert-OH is 2. The van der Waals surface area contributed by atoms with Gasteiger partial charge in [0.1, 0.15) is 11.6 Å². The molecule has 1 heterocycles. The van der Waals surface area contributed by atoms with Gasteiger partial charge in [0.15, 0.2) is 5.82 Å². The Morgan fingerprint density at radius 3 is 2.57 bits per heavy atom. The predicted octanol–water partition coefficient (Wildman–Crippen LogP) is 4.44. The highest BCUT2D eigenvalue weighted by Gasteiger charge is 2.25. The van der Waals surface area contributed by atoms with E-state index in [1.54, 1.807) is 43.6 Å². The van der Waals surface area contributed by atoms with E-state index in [0.717, 1.165) is 24.0 Å². The largest absolute Gasteiger partial charge is 0.497 e. The lowest BCUT2D eigenvalue weighted by molar-refractivity contribution is -0.139. The SMILES string of the molecule is COc1ccc(-c2ncc(/C=C/C(O)CC(O)CC(=O)O)c(-c3ccc(C4CC4)cc3F)n2)cc1. The molecule has 3 aromatic rings. The Kier molecular flexibility index (Phi) is 7.53. The van der Waals surface area contributed by atoms with Gasteiger partial charge in [-0.05, 0) is 60.7 Å². The van der Waals surface area contributed by atoms with Gasteiger partial charge in [-0.2, -0.15) is 0 Å². The number of carboxylic acids is 1. The van der Waals surface area contributed by atoms with Crippen molar-refractivity contribution in [2.75, 3.05) is 7.11 Å². The molecule has 8 heteroatoms. The maximum Gasteiger partial charge on any atom is 0.305 e. The second kappa shape index (κ2) is 10.8. The number of rotatable bonds is 10. The molecule has 0 aliphatic heterocycles. The van der Waals surface area contributed by atoms with Crippen molar-refractivity contribution in [3.05, 3.63) is 71.7 Å². The zero-order chi connectivity index (χ0) is 24.9. The molecule has 3 N–H and O–H groups in total. The third-order valence-electron chi connectivity index (χ3n) is 5.88. The van der Waals surface area contributed by atoms with Gasteiger partial charge in [0.25, 0.3) is 0 Å². The topological polar surface area (TPSA) is 113 Å². The highest BCUT2D eigenvalue weighted by atomic mass is 19.1. The highest BCUT2D eigenvalue weighted by Crippen LogP contribution is 2.41. The van der Waals surface area contributed by atoms with Crippen molar-refractivity contribution >= 4 is 12.0 Å². The quantitative estimate of drug-likeness (QED) is 0.395. The number of halogens is 1. The molecule has 182 valence electrons. The van der Waals surface area contributed by atoms with Crippen molar-refractivity contribution < 1.29 is 29.2 Å². The molecule has 1 fully saturated rings. The van der Waals surface area contributed by atoms with E-state index in [1.807, 2.05) is 18.2 Å². The van der Waals surface area contributed by atoms with Gasteiger partial charge >= 0.3 is 5.97 Å². The van der Waals surface area contributed by atoms with Crippen LogP contribution in [0.15, 0.2) is 54.7 Å². The summed E-state index contributed by atoms with van der Waals surface area (Å²) in [6.45, 7) is 0. The molecule has 0 saturated heterocycles. The summed E-state index contributed by atoms with van der Waals surface area (Å²) in [6, 6.07) is 12.4. The fourth-order valence-corrected chi connectivity index (χ4v) is 3.86. The fourth-order valence-electron chi connectivity index (χ4n) is 3.86. The Hall–Kier alpha value is -3.62. The molecule has 7 nitrogen and oxygen atoms in total. The summed E-state index contributed by atoms with van der Waals surface area (Å²) in [5.41, 5.74) is 2.85. The monoisotopic (exact) mass is 478 g/mol. The molecule has 4 rings (SSSR count). The number of benzene rings is 2. The van der Waals surface area contributed by atoms with Gasteiger partial charge in [0.2, 0.25) is 0 Å². The lowest BCUT2D eigenvalue weighted by atomic mass is 10.0. The summed E-state index contributed by atoms with van der Waals surface area (Å²) in [5, 5.41) is 28.8. The van der Waals surface area contributed by atoms with E-state index in [0.29, 0.717) is 34.3 Å². The molecule has 1 aromatic heterocycles. The number of carboxylic acid groups (broad SMARTS) is 1. The van der Waals surface area contributed by atoms with Crippen LogP contribution in [-0.2, 0) is 4.79 Å². The van der Waals surface area contributed by atoms with E-state index < -0.39 is 24.6 Å². The van der Waals surface area contributed by atoms with Crippen LogP contribution in [0.3, 0.4) is 0 Å². The van der Waals surface area contributed by atoms with Gasteiger partial charge < -0.3 is 20.1 Å². The third-order valence-corrected chi connectivity index (χ3v) is 5.88. The van der Waals surface area contributed by atoms with Crippen LogP contribution in [-0.4, -0.2) is 50.6 Å². The van der Waals surface area contributed by atoms with E-state index in [4.69, 9.17) is 9.84 Å². The average molecular weight is 479 g/mol. The Labute approximate surface area is 202 Å². The molecule has 35 heavy (non-hydrogen) atoms. The zero-order valence-electron chi connectivity index (χ0n) is 19.3. The summed E-state index contributed by atoms with van der Waals surface area (Å²) in [6.07, 6.45) is 3.75. The smallest absolute Gasteiger partial charge is 0.305 e. The van der Waals surface area contributed by atoms with E-state index in [1.165, 1.54) is 6.08 Å². The minimum Gasteiger partial charge on any atom is -0.497 e. The first-order valence-electron chi connectivity index (χ1n) is 11.4. The Balaban J connectivity index is 1.67. The van der Waals surface area contributed by atoms with Gasteiger partial charge in [0, 0.05) is 29.3 Å². The highest BCUT2D eigenvalue weighted by molar-refractivity contribution is 5.74. The molecular formula is C27H27FN2O5. The summed E-state index contributed by atoms with van der Waals surface area (Å²) >= 11 is 0. The van der Waals surface area contributed by atoms with Crippen LogP contribution in [0.25, 0.3) is 28.7 Å². The molecule has 0 radical (unpaired) electrons. The van der Waals surface area contributed by atoms with Crippen molar-refractivity contribution in [2.24, 2.45) is 0 Å². The first-order valence-corrected chi connectivity index (χ1v) is 11.4. The van der Waals surface area contributed by atoms with Crippen LogP contribution >= 0.6 is 0 Å². The van der Waals surface area contributed by atoms with Crippen LogP contribution in [0.4, 0.5) is 4.39 Å². The summed E-state index contributed by atoms with van der Waals surface area (Å²) in [4.78, 5) is 19.8. The standard InChI is InChI=1S/C27H27FN2O5/c1-35-22-9-5-17(6-10-22)27-29-15-19(4-8-20(31)13-21(32)14-25(33)34)26(30-27)23-11-7-18(12-24(23)28)16-2-3-16/h4-12,15-16,20-21,31-32H,2-3,13-14H2,1H3,(H,33,34)/b8-4+. The van der Waals surface area contributed by atoms with Crippen LogP contribution in [0.5, 0.6) is 5.75 Å². The minimum atomic E-state index is -1.19. The van der Waals surface area contributed by atoms with Gasteiger partial charge in [-0.1, -0.05) is 18.2 Å². The summed E-state index contributed by atoms with van der Waals surface area (Å²) < 4.78 is 20.4. The third kappa shape index (κ3) is 6.29. The van der Waals surface area contributed by atoms with Crippen molar-refractivity contribution in [3.63, 3.8) is 0 Å². The molecule has 1 saturated carbocycles. The van der Waals surface area contributed by atoms with E-state index in [9.17, 15) is 15.0 Å². The fraction of sp³-hybridized carbons (Fsp3) is 0.296. The van der Waals surface area contributed by atoms with Crippen molar-refractivity contribution in [2.45, 2.75) is 43.8 Å². The first kappa shape index (κ1) is 24.5. The van der Waals surface area contributed by atoms with Crippen molar-refractivity contribution in [3.8, 4) is 28.4 Å². The van der Waals surface area contributed by atoms with E-state index in [-0.39, 0.29) is 12.2 Å². The number of carbonyl (C=O) groups is 1. The van der Waals surface area contributed by atoms with Crippen molar-refractivity contribution in [1.82, 2.24) is 9.97 Å². The molecule has 0 amide bonds. The molecule has 2 unspecified atom stereocenters. The lowest BCUT2D eigenvalue weighted by Crippen LogP contribution is -2.19. The molecule has 2 aromatic carbocycles. The Morgan fingerprint density at radius 2 is 1.94 bits per heavy atom.